The van der Waals surface area contributed by atoms with E-state index < -0.39 is 0 Å². The van der Waals surface area contributed by atoms with Crippen molar-refractivity contribution in [1.29, 1.82) is 0 Å². The van der Waals surface area contributed by atoms with Gasteiger partial charge in [0.1, 0.15) is 0 Å². The summed E-state index contributed by atoms with van der Waals surface area (Å²) in [6.07, 6.45) is 6.67. The van der Waals surface area contributed by atoms with Crippen molar-refractivity contribution in [3.05, 3.63) is 34.3 Å². The van der Waals surface area contributed by atoms with Crippen LogP contribution in [-0.4, -0.2) is 13.1 Å². The van der Waals surface area contributed by atoms with Gasteiger partial charge in [-0.25, -0.2) is 0 Å². The first-order valence-electron chi connectivity index (χ1n) is 6.30. The maximum atomic E-state index is 3.61. The first kappa shape index (κ1) is 12.1. The Kier molecular flexibility index (Phi) is 4.86. The molecular formula is C14H20BrN. The minimum Gasteiger partial charge on any atom is -0.317 e. The molecule has 16 heavy (non-hydrogen) atoms. The van der Waals surface area contributed by atoms with Crippen molar-refractivity contribution in [2.75, 3.05) is 13.1 Å². The quantitative estimate of drug-likeness (QED) is 0.886. The van der Waals surface area contributed by atoms with Gasteiger partial charge in [0, 0.05) is 4.47 Å². The van der Waals surface area contributed by atoms with E-state index in [0.29, 0.717) is 0 Å². The van der Waals surface area contributed by atoms with Crippen LogP contribution >= 0.6 is 15.9 Å². The highest BCUT2D eigenvalue weighted by Gasteiger charge is 2.12. The van der Waals surface area contributed by atoms with E-state index in [1.165, 1.54) is 55.2 Å². The molecule has 0 atom stereocenters. The molecule has 1 nitrogen and oxygen atoms in total. The summed E-state index contributed by atoms with van der Waals surface area (Å²) in [5, 5.41) is 3.42. The number of aryl methyl sites for hydroxylation is 1. The molecule has 1 aliphatic rings. The number of benzene rings is 1. The molecule has 0 aromatic heterocycles. The van der Waals surface area contributed by atoms with Gasteiger partial charge in [-0.1, -0.05) is 40.5 Å². The summed E-state index contributed by atoms with van der Waals surface area (Å²) in [5.74, 6) is 0.962. The average molecular weight is 282 g/mol. The van der Waals surface area contributed by atoms with Crippen LogP contribution in [0, 0.1) is 5.92 Å². The van der Waals surface area contributed by atoms with Crippen molar-refractivity contribution >= 4 is 15.9 Å². The third-order valence-electron chi connectivity index (χ3n) is 3.48. The van der Waals surface area contributed by atoms with Gasteiger partial charge in [0.2, 0.25) is 0 Å². The molecule has 0 aliphatic carbocycles. The van der Waals surface area contributed by atoms with E-state index in [1.54, 1.807) is 0 Å². The van der Waals surface area contributed by atoms with Crippen LogP contribution < -0.4 is 5.32 Å². The lowest BCUT2D eigenvalue weighted by molar-refractivity contribution is 0.347. The molecule has 0 saturated carbocycles. The molecule has 1 aliphatic heterocycles. The van der Waals surface area contributed by atoms with Crippen molar-refractivity contribution in [2.45, 2.75) is 32.1 Å². The Morgan fingerprint density at radius 2 is 1.94 bits per heavy atom. The zero-order valence-electron chi connectivity index (χ0n) is 9.71. The Hall–Kier alpha value is -0.340. The second-order valence-corrected chi connectivity index (χ2v) is 5.53. The highest BCUT2D eigenvalue weighted by Crippen LogP contribution is 2.22. The van der Waals surface area contributed by atoms with E-state index in [4.69, 9.17) is 0 Å². The Morgan fingerprint density at radius 1 is 1.19 bits per heavy atom. The number of hydrogen-bond donors (Lipinski definition) is 1. The topological polar surface area (TPSA) is 12.0 Å². The van der Waals surface area contributed by atoms with Gasteiger partial charge in [-0.05, 0) is 56.3 Å². The van der Waals surface area contributed by atoms with Gasteiger partial charge >= 0.3 is 0 Å². The van der Waals surface area contributed by atoms with Crippen molar-refractivity contribution in [3.63, 3.8) is 0 Å². The normalized spacial score (nSPS) is 17.6. The lowest BCUT2D eigenvalue weighted by atomic mass is 9.92. The standard InChI is InChI=1S/C14H20BrN/c15-14-7-2-1-5-13(14)6-3-4-12-8-10-16-11-9-12/h1-2,5,7,12,16H,3-4,6,8-11H2. The summed E-state index contributed by atoms with van der Waals surface area (Å²) in [5.41, 5.74) is 1.46. The van der Waals surface area contributed by atoms with Crippen molar-refractivity contribution in [1.82, 2.24) is 5.32 Å². The highest BCUT2D eigenvalue weighted by molar-refractivity contribution is 9.10. The fraction of sp³-hybridized carbons (Fsp3) is 0.571. The van der Waals surface area contributed by atoms with Crippen LogP contribution in [0.15, 0.2) is 28.7 Å². The molecule has 1 fully saturated rings. The zero-order chi connectivity index (χ0) is 11.2. The van der Waals surface area contributed by atoms with Gasteiger partial charge in [0.15, 0.2) is 0 Å². The van der Waals surface area contributed by atoms with Crippen LogP contribution in [0.3, 0.4) is 0 Å². The molecule has 1 saturated heterocycles. The van der Waals surface area contributed by atoms with Crippen molar-refractivity contribution in [2.24, 2.45) is 5.92 Å². The SMILES string of the molecule is Brc1ccccc1CCCC1CCNCC1. The Balaban J connectivity index is 1.73. The summed E-state index contributed by atoms with van der Waals surface area (Å²) < 4.78 is 1.26. The molecule has 1 aromatic rings. The third-order valence-corrected chi connectivity index (χ3v) is 4.25. The summed E-state index contributed by atoms with van der Waals surface area (Å²) in [6.45, 7) is 2.44. The summed E-state index contributed by atoms with van der Waals surface area (Å²) >= 11 is 3.61. The molecule has 2 rings (SSSR count). The third kappa shape index (κ3) is 3.60. The maximum absolute atomic E-state index is 3.61. The molecule has 2 heteroatoms. The predicted molar refractivity (Wildman–Crippen MR) is 72.7 cm³/mol. The molecule has 1 N–H and O–H groups in total. The fourth-order valence-corrected chi connectivity index (χ4v) is 2.94. The fourth-order valence-electron chi connectivity index (χ4n) is 2.45. The number of piperidine rings is 1. The van der Waals surface area contributed by atoms with Crippen LogP contribution in [0.5, 0.6) is 0 Å². The van der Waals surface area contributed by atoms with Crippen LogP contribution in [0.4, 0.5) is 0 Å². The molecule has 0 unspecified atom stereocenters. The van der Waals surface area contributed by atoms with Gasteiger partial charge < -0.3 is 5.32 Å². The smallest absolute Gasteiger partial charge is 0.0207 e. The highest BCUT2D eigenvalue weighted by atomic mass is 79.9. The Labute approximate surface area is 107 Å². The van der Waals surface area contributed by atoms with Gasteiger partial charge in [-0.15, -0.1) is 0 Å². The molecule has 1 heterocycles. The van der Waals surface area contributed by atoms with Crippen LogP contribution in [0.1, 0.15) is 31.2 Å². The molecule has 0 radical (unpaired) electrons. The van der Waals surface area contributed by atoms with Crippen molar-refractivity contribution in [3.8, 4) is 0 Å². The van der Waals surface area contributed by atoms with E-state index in [9.17, 15) is 0 Å². The average Bonchev–Trinajstić information content (AvgIpc) is 2.33. The predicted octanol–water partition coefficient (Wildman–Crippen LogP) is 3.77. The van der Waals surface area contributed by atoms with Gasteiger partial charge in [-0.3, -0.25) is 0 Å². The minimum absolute atomic E-state index is 0.962. The van der Waals surface area contributed by atoms with E-state index in [2.05, 4.69) is 45.5 Å². The Bertz CT molecular complexity index is 318. The van der Waals surface area contributed by atoms with Crippen molar-refractivity contribution < 1.29 is 0 Å². The Morgan fingerprint density at radius 3 is 2.69 bits per heavy atom. The van der Waals surface area contributed by atoms with Gasteiger partial charge in [-0.2, -0.15) is 0 Å². The summed E-state index contributed by atoms with van der Waals surface area (Å²) in [4.78, 5) is 0. The molecule has 1 aromatic carbocycles. The van der Waals surface area contributed by atoms with Crippen LogP contribution in [-0.2, 0) is 6.42 Å². The summed E-state index contributed by atoms with van der Waals surface area (Å²) in [7, 11) is 0. The number of rotatable bonds is 4. The van der Waals surface area contributed by atoms with E-state index in [-0.39, 0.29) is 0 Å². The largest absolute Gasteiger partial charge is 0.317 e. The van der Waals surface area contributed by atoms with E-state index >= 15 is 0 Å². The zero-order valence-corrected chi connectivity index (χ0v) is 11.3. The molecule has 0 amide bonds. The molecule has 0 spiro atoms. The second-order valence-electron chi connectivity index (χ2n) is 4.68. The second kappa shape index (κ2) is 6.41. The first-order valence-corrected chi connectivity index (χ1v) is 7.09. The number of nitrogens with one attached hydrogen (secondary N) is 1. The molecular weight excluding hydrogens is 262 g/mol. The van der Waals surface area contributed by atoms with E-state index in [1.807, 2.05) is 0 Å². The lowest BCUT2D eigenvalue weighted by Crippen LogP contribution is -2.27. The molecule has 88 valence electrons. The van der Waals surface area contributed by atoms with E-state index in [0.717, 1.165) is 5.92 Å². The number of hydrogen-bond acceptors (Lipinski definition) is 1. The monoisotopic (exact) mass is 281 g/mol. The van der Waals surface area contributed by atoms with Gasteiger partial charge in [0.25, 0.3) is 0 Å². The number of halogens is 1. The first-order chi connectivity index (χ1) is 7.86. The molecule has 0 bridgehead atoms. The summed E-state index contributed by atoms with van der Waals surface area (Å²) in [6, 6.07) is 8.58. The van der Waals surface area contributed by atoms with Crippen LogP contribution in [0.25, 0.3) is 0 Å². The minimum atomic E-state index is 0.962. The lowest BCUT2D eigenvalue weighted by Gasteiger charge is -2.22. The maximum Gasteiger partial charge on any atom is 0.0207 e. The van der Waals surface area contributed by atoms with Gasteiger partial charge in [0.05, 0.1) is 0 Å². The van der Waals surface area contributed by atoms with Crippen LogP contribution in [0.2, 0.25) is 0 Å².